The molecule has 0 atom stereocenters. The maximum Gasteiger partial charge on any atom is 0.338 e. The maximum atomic E-state index is 12.4. The minimum atomic E-state index is -3.31. The molecule has 0 amide bonds. The van der Waals surface area contributed by atoms with E-state index in [0.29, 0.717) is 29.9 Å². The predicted octanol–water partition coefficient (Wildman–Crippen LogP) is 3.49. The van der Waals surface area contributed by atoms with E-state index in [2.05, 4.69) is 4.98 Å². The fraction of sp³-hybridized carbons (Fsp3) is 0.200. The Balaban J connectivity index is 1.43. The van der Waals surface area contributed by atoms with Crippen molar-refractivity contribution in [2.75, 3.05) is 17.1 Å². The summed E-state index contributed by atoms with van der Waals surface area (Å²) in [4.78, 5) is 16.9. The summed E-state index contributed by atoms with van der Waals surface area (Å²) in [7, 11) is -3.31. The standard InChI is InChI=1S/C20H18N2O4S2/c1-28(24,25)22-10-9-15-11-16(7-8-18(15)22)20(23)26-12-17-13-27-19(21-17)14-5-3-2-4-6-14/h2-8,11,13H,9-10,12H2,1H3. The summed E-state index contributed by atoms with van der Waals surface area (Å²) in [6, 6.07) is 14.8. The molecule has 0 spiro atoms. The first-order chi connectivity index (χ1) is 13.4. The van der Waals surface area contributed by atoms with Crippen LogP contribution in [0.1, 0.15) is 21.6 Å². The quantitative estimate of drug-likeness (QED) is 0.598. The second-order valence-electron chi connectivity index (χ2n) is 6.51. The maximum absolute atomic E-state index is 12.4. The predicted molar refractivity (Wildman–Crippen MR) is 109 cm³/mol. The molecular formula is C20H18N2O4S2. The molecule has 0 saturated carbocycles. The number of benzene rings is 2. The summed E-state index contributed by atoms with van der Waals surface area (Å²) >= 11 is 1.50. The summed E-state index contributed by atoms with van der Waals surface area (Å²) in [6.07, 6.45) is 1.76. The second-order valence-corrected chi connectivity index (χ2v) is 9.28. The molecule has 0 saturated heterocycles. The van der Waals surface area contributed by atoms with Crippen molar-refractivity contribution in [3.8, 4) is 10.6 Å². The van der Waals surface area contributed by atoms with Gasteiger partial charge in [-0.1, -0.05) is 30.3 Å². The first-order valence-corrected chi connectivity index (χ1v) is 11.4. The molecule has 1 aromatic heterocycles. The monoisotopic (exact) mass is 414 g/mol. The Kier molecular flexibility index (Phi) is 4.91. The number of rotatable bonds is 5. The van der Waals surface area contributed by atoms with Crippen LogP contribution in [0.5, 0.6) is 0 Å². The van der Waals surface area contributed by atoms with Crippen LogP contribution in [-0.4, -0.2) is 32.2 Å². The van der Waals surface area contributed by atoms with E-state index in [4.69, 9.17) is 4.74 Å². The third kappa shape index (κ3) is 3.79. The summed E-state index contributed by atoms with van der Waals surface area (Å²) < 4.78 is 30.4. The Morgan fingerprint density at radius 2 is 2.00 bits per heavy atom. The van der Waals surface area contributed by atoms with Crippen molar-refractivity contribution in [3.63, 3.8) is 0 Å². The van der Waals surface area contributed by atoms with E-state index in [-0.39, 0.29) is 6.61 Å². The minimum absolute atomic E-state index is 0.0920. The third-order valence-electron chi connectivity index (χ3n) is 4.49. The SMILES string of the molecule is CS(=O)(=O)N1CCc2cc(C(=O)OCc3csc(-c4ccccc4)n3)ccc21. The van der Waals surface area contributed by atoms with Crippen molar-refractivity contribution in [1.82, 2.24) is 4.98 Å². The van der Waals surface area contributed by atoms with Crippen LogP contribution in [0.4, 0.5) is 5.69 Å². The van der Waals surface area contributed by atoms with Gasteiger partial charge in [-0.25, -0.2) is 18.2 Å². The number of carbonyl (C=O) groups is 1. The number of thiazole rings is 1. The van der Waals surface area contributed by atoms with Crippen LogP contribution in [-0.2, 0) is 27.8 Å². The summed E-state index contributed by atoms with van der Waals surface area (Å²) in [5.41, 5.74) is 3.60. The number of sulfonamides is 1. The molecule has 28 heavy (non-hydrogen) atoms. The lowest BCUT2D eigenvalue weighted by atomic mass is 10.1. The summed E-state index contributed by atoms with van der Waals surface area (Å²) in [5.74, 6) is -0.449. The molecule has 0 radical (unpaired) electrons. The zero-order valence-corrected chi connectivity index (χ0v) is 16.8. The van der Waals surface area contributed by atoms with Crippen molar-refractivity contribution in [1.29, 1.82) is 0 Å². The average molecular weight is 415 g/mol. The molecule has 1 aliphatic rings. The molecule has 4 rings (SSSR count). The number of nitrogens with zero attached hydrogens (tertiary/aromatic N) is 2. The van der Waals surface area contributed by atoms with E-state index in [0.717, 1.165) is 16.1 Å². The van der Waals surface area contributed by atoms with Crippen molar-refractivity contribution in [3.05, 3.63) is 70.7 Å². The van der Waals surface area contributed by atoms with E-state index >= 15 is 0 Å². The number of aromatic nitrogens is 1. The van der Waals surface area contributed by atoms with Gasteiger partial charge in [-0.05, 0) is 30.2 Å². The Labute approximate surface area is 167 Å². The van der Waals surface area contributed by atoms with Gasteiger partial charge in [0.15, 0.2) is 0 Å². The number of hydrogen-bond donors (Lipinski definition) is 0. The molecule has 2 aromatic carbocycles. The molecule has 2 heterocycles. The molecule has 1 aliphatic heterocycles. The molecule has 0 bridgehead atoms. The molecular weight excluding hydrogens is 396 g/mol. The van der Waals surface area contributed by atoms with Crippen LogP contribution in [0.2, 0.25) is 0 Å². The highest BCUT2D eigenvalue weighted by Gasteiger charge is 2.27. The number of fused-ring (bicyclic) bond motifs is 1. The summed E-state index contributed by atoms with van der Waals surface area (Å²) in [5, 5.41) is 2.76. The van der Waals surface area contributed by atoms with Crippen molar-refractivity contribution in [2.24, 2.45) is 0 Å². The van der Waals surface area contributed by atoms with Gasteiger partial charge in [-0.15, -0.1) is 11.3 Å². The molecule has 0 N–H and O–H groups in total. The third-order valence-corrected chi connectivity index (χ3v) is 6.61. The lowest BCUT2D eigenvalue weighted by Gasteiger charge is -2.16. The fourth-order valence-electron chi connectivity index (χ4n) is 3.15. The van der Waals surface area contributed by atoms with Crippen molar-refractivity contribution < 1.29 is 17.9 Å². The molecule has 6 nitrogen and oxygen atoms in total. The minimum Gasteiger partial charge on any atom is -0.456 e. The normalized spacial score (nSPS) is 13.4. The Morgan fingerprint density at radius 1 is 1.21 bits per heavy atom. The number of anilines is 1. The van der Waals surface area contributed by atoms with Gasteiger partial charge >= 0.3 is 5.97 Å². The van der Waals surface area contributed by atoms with E-state index < -0.39 is 16.0 Å². The molecule has 0 fully saturated rings. The fourth-order valence-corrected chi connectivity index (χ4v) is 4.92. The van der Waals surface area contributed by atoms with E-state index in [1.807, 2.05) is 35.7 Å². The van der Waals surface area contributed by atoms with Crippen molar-refractivity contribution in [2.45, 2.75) is 13.0 Å². The Morgan fingerprint density at radius 3 is 2.75 bits per heavy atom. The first-order valence-electron chi connectivity index (χ1n) is 8.69. The van der Waals surface area contributed by atoms with Crippen LogP contribution < -0.4 is 4.31 Å². The van der Waals surface area contributed by atoms with Gasteiger partial charge in [0.2, 0.25) is 10.0 Å². The Bertz CT molecular complexity index is 1120. The highest BCUT2D eigenvalue weighted by Crippen LogP contribution is 2.31. The molecule has 8 heteroatoms. The van der Waals surface area contributed by atoms with Gasteiger partial charge < -0.3 is 4.74 Å². The lowest BCUT2D eigenvalue weighted by molar-refractivity contribution is 0.0468. The molecule has 3 aromatic rings. The van der Waals surface area contributed by atoms with Gasteiger partial charge in [0.1, 0.15) is 11.6 Å². The van der Waals surface area contributed by atoms with Crippen LogP contribution in [0.25, 0.3) is 10.6 Å². The molecule has 0 unspecified atom stereocenters. The van der Waals surface area contributed by atoms with Gasteiger partial charge in [-0.2, -0.15) is 0 Å². The van der Waals surface area contributed by atoms with Gasteiger partial charge in [0.25, 0.3) is 0 Å². The number of ether oxygens (including phenoxy) is 1. The van der Waals surface area contributed by atoms with E-state index in [9.17, 15) is 13.2 Å². The van der Waals surface area contributed by atoms with Gasteiger partial charge in [-0.3, -0.25) is 4.31 Å². The summed E-state index contributed by atoms with van der Waals surface area (Å²) in [6.45, 7) is 0.489. The topological polar surface area (TPSA) is 76.6 Å². The smallest absolute Gasteiger partial charge is 0.338 e. The average Bonchev–Trinajstić information content (AvgIpc) is 3.33. The van der Waals surface area contributed by atoms with E-state index in [1.165, 1.54) is 21.9 Å². The van der Waals surface area contributed by atoms with Crippen LogP contribution in [0.3, 0.4) is 0 Å². The van der Waals surface area contributed by atoms with Crippen LogP contribution in [0, 0.1) is 0 Å². The first kappa shape index (κ1) is 18.6. The second kappa shape index (κ2) is 7.37. The highest BCUT2D eigenvalue weighted by atomic mass is 32.2. The van der Waals surface area contributed by atoms with Gasteiger partial charge in [0, 0.05) is 17.5 Å². The number of carbonyl (C=O) groups excluding carboxylic acids is 1. The number of hydrogen-bond acceptors (Lipinski definition) is 6. The zero-order valence-electron chi connectivity index (χ0n) is 15.2. The van der Waals surface area contributed by atoms with Gasteiger partial charge in [0.05, 0.1) is 23.2 Å². The number of esters is 1. The van der Waals surface area contributed by atoms with Crippen LogP contribution in [0.15, 0.2) is 53.9 Å². The Hall–Kier alpha value is -2.71. The lowest BCUT2D eigenvalue weighted by Crippen LogP contribution is -2.27. The molecule has 144 valence electrons. The largest absolute Gasteiger partial charge is 0.456 e. The zero-order chi connectivity index (χ0) is 19.7. The molecule has 0 aliphatic carbocycles. The van der Waals surface area contributed by atoms with Crippen molar-refractivity contribution >= 4 is 33.0 Å². The van der Waals surface area contributed by atoms with Crippen LogP contribution >= 0.6 is 11.3 Å². The highest BCUT2D eigenvalue weighted by molar-refractivity contribution is 7.92. The van der Waals surface area contributed by atoms with E-state index in [1.54, 1.807) is 18.2 Å².